The van der Waals surface area contributed by atoms with Crippen molar-refractivity contribution in [1.82, 2.24) is 4.83 Å². The van der Waals surface area contributed by atoms with E-state index >= 15 is 0 Å². The minimum absolute atomic E-state index is 0.102. The SMILES string of the molecule is COc1ccc(S(=O)(=O)NN=Cc2ccco2)cc1. The predicted molar refractivity (Wildman–Crippen MR) is 69.6 cm³/mol. The summed E-state index contributed by atoms with van der Waals surface area (Å²) in [5.41, 5.74) is 0. The molecule has 0 fully saturated rings. The molecule has 6 nitrogen and oxygen atoms in total. The number of methoxy groups -OCH3 is 1. The molecule has 0 unspecified atom stereocenters. The van der Waals surface area contributed by atoms with Gasteiger partial charge >= 0.3 is 0 Å². The summed E-state index contributed by atoms with van der Waals surface area (Å²) < 4.78 is 33.7. The van der Waals surface area contributed by atoms with Gasteiger partial charge in [0.25, 0.3) is 10.0 Å². The molecule has 1 N–H and O–H groups in total. The highest BCUT2D eigenvalue weighted by Gasteiger charge is 2.12. The van der Waals surface area contributed by atoms with Gasteiger partial charge < -0.3 is 9.15 Å². The third-order valence-corrected chi connectivity index (χ3v) is 3.52. The first-order valence-electron chi connectivity index (χ1n) is 5.34. The van der Waals surface area contributed by atoms with Gasteiger partial charge in [-0.2, -0.15) is 18.4 Å². The number of hydrazone groups is 1. The van der Waals surface area contributed by atoms with Crippen LogP contribution >= 0.6 is 0 Å². The van der Waals surface area contributed by atoms with Crippen molar-refractivity contribution in [2.45, 2.75) is 4.90 Å². The van der Waals surface area contributed by atoms with Crippen molar-refractivity contribution in [3.8, 4) is 5.75 Å². The maximum Gasteiger partial charge on any atom is 0.276 e. The predicted octanol–water partition coefficient (Wildman–Crippen LogP) is 1.60. The molecule has 1 heterocycles. The highest BCUT2D eigenvalue weighted by atomic mass is 32.2. The average Bonchev–Trinajstić information content (AvgIpc) is 2.92. The number of nitrogens with zero attached hydrogens (tertiary/aromatic N) is 1. The number of rotatable bonds is 5. The second-order valence-electron chi connectivity index (χ2n) is 3.54. The van der Waals surface area contributed by atoms with Gasteiger partial charge in [0.1, 0.15) is 11.5 Å². The number of ether oxygens (including phenoxy) is 1. The van der Waals surface area contributed by atoms with Gasteiger partial charge in [-0.1, -0.05) is 0 Å². The zero-order valence-corrected chi connectivity index (χ0v) is 10.9. The van der Waals surface area contributed by atoms with Crippen LogP contribution in [0.1, 0.15) is 5.76 Å². The van der Waals surface area contributed by atoms with Gasteiger partial charge in [0.15, 0.2) is 0 Å². The summed E-state index contributed by atoms with van der Waals surface area (Å²) in [5.74, 6) is 1.04. The van der Waals surface area contributed by atoms with Gasteiger partial charge in [-0.15, -0.1) is 0 Å². The normalized spacial score (nSPS) is 11.6. The van der Waals surface area contributed by atoms with E-state index in [0.717, 1.165) is 0 Å². The highest BCUT2D eigenvalue weighted by Crippen LogP contribution is 2.15. The number of benzene rings is 1. The van der Waals surface area contributed by atoms with E-state index < -0.39 is 10.0 Å². The van der Waals surface area contributed by atoms with E-state index in [1.807, 2.05) is 0 Å². The Kier molecular flexibility index (Phi) is 3.86. The Morgan fingerprint density at radius 3 is 2.58 bits per heavy atom. The Hall–Kier alpha value is -2.28. The van der Waals surface area contributed by atoms with Gasteiger partial charge in [0, 0.05) is 0 Å². The van der Waals surface area contributed by atoms with Crippen LogP contribution in [0, 0.1) is 0 Å². The topological polar surface area (TPSA) is 80.9 Å². The molecule has 0 aliphatic heterocycles. The summed E-state index contributed by atoms with van der Waals surface area (Å²) in [6, 6.07) is 9.33. The van der Waals surface area contributed by atoms with E-state index in [1.165, 1.54) is 31.7 Å². The second kappa shape index (κ2) is 5.57. The number of hydrogen-bond donors (Lipinski definition) is 1. The fraction of sp³-hybridized carbons (Fsp3) is 0.0833. The summed E-state index contributed by atoms with van der Waals surface area (Å²) in [7, 11) is -2.17. The molecule has 2 aromatic rings. The van der Waals surface area contributed by atoms with E-state index in [1.54, 1.807) is 24.3 Å². The molecular formula is C12H12N2O4S. The first-order chi connectivity index (χ1) is 9.12. The molecule has 100 valence electrons. The fourth-order valence-corrected chi connectivity index (χ4v) is 2.12. The van der Waals surface area contributed by atoms with Crippen LogP contribution in [0.25, 0.3) is 0 Å². The number of hydrogen-bond acceptors (Lipinski definition) is 5. The van der Waals surface area contributed by atoms with E-state index in [9.17, 15) is 8.42 Å². The lowest BCUT2D eigenvalue weighted by Crippen LogP contribution is -2.18. The maximum absolute atomic E-state index is 11.9. The molecule has 0 saturated heterocycles. The van der Waals surface area contributed by atoms with Crippen molar-refractivity contribution in [2.75, 3.05) is 7.11 Å². The van der Waals surface area contributed by atoms with E-state index in [4.69, 9.17) is 9.15 Å². The van der Waals surface area contributed by atoms with Gasteiger partial charge in [-0.25, -0.2) is 0 Å². The Morgan fingerprint density at radius 2 is 2.00 bits per heavy atom. The van der Waals surface area contributed by atoms with Gasteiger partial charge in [-0.05, 0) is 36.4 Å². The van der Waals surface area contributed by atoms with Crippen LogP contribution in [0.3, 0.4) is 0 Å². The molecule has 0 aliphatic rings. The quantitative estimate of drug-likeness (QED) is 0.666. The molecule has 0 aliphatic carbocycles. The Labute approximate surface area is 110 Å². The Bertz CT molecular complexity index is 646. The van der Waals surface area contributed by atoms with Crippen molar-refractivity contribution in [2.24, 2.45) is 5.10 Å². The Morgan fingerprint density at radius 1 is 1.26 bits per heavy atom. The second-order valence-corrected chi connectivity index (χ2v) is 5.20. The Balaban J connectivity index is 2.09. The van der Waals surface area contributed by atoms with Crippen molar-refractivity contribution in [1.29, 1.82) is 0 Å². The first-order valence-corrected chi connectivity index (χ1v) is 6.82. The maximum atomic E-state index is 11.9. The standard InChI is InChI=1S/C12H12N2O4S/c1-17-10-4-6-12(7-5-10)19(15,16)14-13-9-11-3-2-8-18-11/h2-9,14H,1H3. The summed E-state index contributed by atoms with van der Waals surface area (Å²) in [4.78, 5) is 2.19. The van der Waals surface area contributed by atoms with Crippen LogP contribution in [0.4, 0.5) is 0 Å². The molecule has 0 amide bonds. The average molecular weight is 280 g/mol. The summed E-state index contributed by atoms with van der Waals surface area (Å²) in [5, 5.41) is 3.62. The van der Waals surface area contributed by atoms with E-state index in [-0.39, 0.29) is 4.90 Å². The minimum atomic E-state index is -3.68. The lowest BCUT2D eigenvalue weighted by Gasteiger charge is -2.04. The first kappa shape index (κ1) is 13.2. The van der Waals surface area contributed by atoms with Crippen molar-refractivity contribution in [3.05, 3.63) is 48.4 Å². The summed E-state index contributed by atoms with van der Waals surface area (Å²) >= 11 is 0. The third-order valence-electron chi connectivity index (χ3n) is 2.28. The molecule has 0 bridgehead atoms. The largest absolute Gasteiger partial charge is 0.497 e. The molecule has 1 aromatic carbocycles. The van der Waals surface area contributed by atoms with Gasteiger partial charge in [0.05, 0.1) is 24.5 Å². The molecular weight excluding hydrogens is 268 g/mol. The molecule has 19 heavy (non-hydrogen) atoms. The smallest absolute Gasteiger partial charge is 0.276 e. The number of sulfonamides is 1. The lowest BCUT2D eigenvalue weighted by atomic mass is 10.3. The van der Waals surface area contributed by atoms with Crippen LogP contribution in [-0.2, 0) is 10.0 Å². The number of nitrogens with one attached hydrogen (secondary N) is 1. The zero-order chi connectivity index (χ0) is 13.7. The fourth-order valence-electron chi connectivity index (χ4n) is 1.33. The third kappa shape index (κ3) is 3.35. The van der Waals surface area contributed by atoms with Crippen molar-refractivity contribution >= 4 is 16.2 Å². The van der Waals surface area contributed by atoms with Gasteiger partial charge in [0.2, 0.25) is 0 Å². The van der Waals surface area contributed by atoms with Crippen LogP contribution < -0.4 is 9.57 Å². The van der Waals surface area contributed by atoms with E-state index in [0.29, 0.717) is 11.5 Å². The summed E-state index contributed by atoms with van der Waals surface area (Å²) in [6.45, 7) is 0. The minimum Gasteiger partial charge on any atom is -0.497 e. The number of furan rings is 1. The monoisotopic (exact) mass is 280 g/mol. The molecule has 0 atom stereocenters. The zero-order valence-electron chi connectivity index (χ0n) is 10.1. The molecule has 0 spiro atoms. The van der Waals surface area contributed by atoms with Gasteiger partial charge in [-0.3, -0.25) is 0 Å². The van der Waals surface area contributed by atoms with Crippen molar-refractivity contribution < 1.29 is 17.6 Å². The van der Waals surface area contributed by atoms with E-state index in [2.05, 4.69) is 9.93 Å². The van der Waals surface area contributed by atoms with Crippen LogP contribution in [-0.4, -0.2) is 21.7 Å². The molecule has 0 saturated carbocycles. The van der Waals surface area contributed by atoms with Crippen LogP contribution in [0.5, 0.6) is 5.75 Å². The molecule has 2 rings (SSSR count). The van der Waals surface area contributed by atoms with Crippen molar-refractivity contribution in [3.63, 3.8) is 0 Å². The molecule has 7 heteroatoms. The lowest BCUT2D eigenvalue weighted by molar-refractivity contribution is 0.414. The highest BCUT2D eigenvalue weighted by molar-refractivity contribution is 7.89. The molecule has 1 aromatic heterocycles. The van der Waals surface area contributed by atoms with Crippen LogP contribution in [0.2, 0.25) is 0 Å². The molecule has 0 radical (unpaired) electrons. The summed E-state index contributed by atoms with van der Waals surface area (Å²) in [6.07, 6.45) is 2.75. The van der Waals surface area contributed by atoms with Crippen LogP contribution in [0.15, 0.2) is 57.1 Å².